The Morgan fingerprint density at radius 3 is 2.40 bits per heavy atom. The Balaban J connectivity index is 2.03. The molecule has 1 heterocycles. The molecule has 1 saturated heterocycles. The van der Waals surface area contributed by atoms with Gasteiger partial charge in [-0.05, 0) is 12.1 Å². The minimum Gasteiger partial charge on any atom is -0.396 e. The van der Waals surface area contributed by atoms with Crippen LogP contribution in [0.15, 0.2) is 18.2 Å². The maximum absolute atomic E-state index is 12.3. The summed E-state index contributed by atoms with van der Waals surface area (Å²) in [4.78, 5) is 3.30. The molecule has 1 aromatic rings. The van der Waals surface area contributed by atoms with E-state index in [4.69, 9.17) is 11.0 Å². The molecule has 0 aliphatic carbocycles. The van der Waals surface area contributed by atoms with Gasteiger partial charge in [-0.3, -0.25) is 4.90 Å². The van der Waals surface area contributed by atoms with Gasteiger partial charge >= 0.3 is 6.18 Å². The Morgan fingerprint density at radius 2 is 1.85 bits per heavy atom. The van der Waals surface area contributed by atoms with Crippen LogP contribution in [0.25, 0.3) is 0 Å². The zero-order valence-electron chi connectivity index (χ0n) is 10.8. The predicted octanol–water partition coefficient (Wildman–Crippen LogP) is 1.82. The number of piperazine rings is 1. The number of hydrogen-bond donors (Lipinski definition) is 1. The number of halogens is 3. The Morgan fingerprint density at radius 1 is 1.20 bits per heavy atom. The van der Waals surface area contributed by atoms with Crippen LogP contribution in [0.1, 0.15) is 5.56 Å². The summed E-state index contributed by atoms with van der Waals surface area (Å²) >= 11 is 0. The van der Waals surface area contributed by atoms with Gasteiger partial charge in [0.1, 0.15) is 6.07 Å². The summed E-state index contributed by atoms with van der Waals surface area (Å²) in [6, 6.07) is 7.14. The highest BCUT2D eigenvalue weighted by atomic mass is 19.4. The Bertz CT molecular complexity index is 513. The number of nitrogens with zero attached hydrogens (tertiary/aromatic N) is 3. The van der Waals surface area contributed by atoms with E-state index in [0.717, 1.165) is 5.69 Å². The lowest BCUT2D eigenvalue weighted by Crippen LogP contribution is -2.49. The highest BCUT2D eigenvalue weighted by Crippen LogP contribution is 2.27. The van der Waals surface area contributed by atoms with Gasteiger partial charge < -0.3 is 10.6 Å². The molecule has 2 N–H and O–H groups in total. The summed E-state index contributed by atoms with van der Waals surface area (Å²) < 4.78 is 36.9. The minimum absolute atomic E-state index is 0.329. The molecule has 0 unspecified atom stereocenters. The molecule has 0 bridgehead atoms. The normalized spacial score (nSPS) is 17.0. The monoisotopic (exact) mass is 284 g/mol. The average molecular weight is 284 g/mol. The van der Waals surface area contributed by atoms with Crippen molar-refractivity contribution in [3.8, 4) is 6.07 Å². The summed E-state index contributed by atoms with van der Waals surface area (Å²) in [7, 11) is 0. The molecular weight excluding hydrogens is 269 g/mol. The van der Waals surface area contributed by atoms with E-state index in [9.17, 15) is 13.2 Å². The molecule has 0 amide bonds. The Labute approximate surface area is 115 Å². The molecule has 1 aromatic carbocycles. The maximum Gasteiger partial charge on any atom is 0.401 e. The average Bonchev–Trinajstić information content (AvgIpc) is 2.38. The summed E-state index contributed by atoms with van der Waals surface area (Å²) in [5, 5.41) is 8.93. The van der Waals surface area contributed by atoms with E-state index in [1.54, 1.807) is 18.2 Å². The first kappa shape index (κ1) is 14.5. The standard InChI is InChI=1S/C13H15F3N4/c14-13(15,16)9-19-4-6-20(7-5-19)11-3-1-2-10(8-17)12(11)18/h1-3H,4-7,9,18H2. The molecule has 0 atom stereocenters. The third-order valence-corrected chi connectivity index (χ3v) is 3.32. The van der Waals surface area contributed by atoms with Crippen LogP contribution in [0, 0.1) is 11.3 Å². The van der Waals surface area contributed by atoms with E-state index in [1.165, 1.54) is 4.90 Å². The topological polar surface area (TPSA) is 56.3 Å². The van der Waals surface area contributed by atoms with E-state index in [0.29, 0.717) is 37.4 Å². The molecule has 0 saturated carbocycles. The van der Waals surface area contributed by atoms with E-state index >= 15 is 0 Å². The number of alkyl halides is 3. The highest BCUT2D eigenvalue weighted by molar-refractivity contribution is 5.74. The van der Waals surface area contributed by atoms with Crippen LogP contribution < -0.4 is 10.6 Å². The molecule has 0 radical (unpaired) electrons. The summed E-state index contributed by atoms with van der Waals surface area (Å²) in [6.45, 7) is 0.713. The largest absolute Gasteiger partial charge is 0.401 e. The van der Waals surface area contributed by atoms with Crippen molar-refractivity contribution in [2.75, 3.05) is 43.4 Å². The molecule has 4 nitrogen and oxygen atoms in total. The number of hydrogen-bond acceptors (Lipinski definition) is 4. The Kier molecular flexibility index (Phi) is 4.04. The lowest BCUT2D eigenvalue weighted by atomic mass is 10.1. The van der Waals surface area contributed by atoms with Gasteiger partial charge in [-0.1, -0.05) is 6.07 Å². The second-order valence-electron chi connectivity index (χ2n) is 4.73. The predicted molar refractivity (Wildman–Crippen MR) is 70.3 cm³/mol. The van der Waals surface area contributed by atoms with Crippen LogP contribution in [-0.4, -0.2) is 43.8 Å². The van der Waals surface area contributed by atoms with Gasteiger partial charge in [0.25, 0.3) is 0 Å². The van der Waals surface area contributed by atoms with Crippen LogP contribution in [0.2, 0.25) is 0 Å². The SMILES string of the molecule is N#Cc1cccc(N2CCN(CC(F)(F)F)CC2)c1N. The van der Waals surface area contributed by atoms with Crippen molar-refractivity contribution in [1.29, 1.82) is 5.26 Å². The molecule has 1 aliphatic rings. The second-order valence-corrected chi connectivity index (χ2v) is 4.73. The van der Waals surface area contributed by atoms with E-state index < -0.39 is 12.7 Å². The molecule has 1 fully saturated rings. The lowest BCUT2D eigenvalue weighted by Gasteiger charge is -2.36. The fraction of sp³-hybridized carbons (Fsp3) is 0.462. The van der Waals surface area contributed by atoms with Crippen molar-refractivity contribution >= 4 is 11.4 Å². The molecule has 0 spiro atoms. The highest BCUT2D eigenvalue weighted by Gasteiger charge is 2.32. The second kappa shape index (κ2) is 5.59. The van der Waals surface area contributed by atoms with Crippen LogP contribution in [0.5, 0.6) is 0 Å². The van der Waals surface area contributed by atoms with Crippen molar-refractivity contribution in [1.82, 2.24) is 4.90 Å². The van der Waals surface area contributed by atoms with Crippen LogP contribution in [0.4, 0.5) is 24.5 Å². The zero-order chi connectivity index (χ0) is 14.8. The third kappa shape index (κ3) is 3.33. The molecule has 20 heavy (non-hydrogen) atoms. The summed E-state index contributed by atoms with van der Waals surface area (Å²) in [5.41, 5.74) is 7.40. The van der Waals surface area contributed by atoms with Crippen molar-refractivity contribution in [3.63, 3.8) is 0 Å². The van der Waals surface area contributed by atoms with Crippen LogP contribution in [0.3, 0.4) is 0 Å². The number of para-hydroxylation sites is 1. The van der Waals surface area contributed by atoms with E-state index in [-0.39, 0.29) is 0 Å². The first-order valence-corrected chi connectivity index (χ1v) is 6.23. The van der Waals surface area contributed by atoms with Gasteiger partial charge in [-0.15, -0.1) is 0 Å². The van der Waals surface area contributed by atoms with Crippen molar-refractivity contribution in [2.45, 2.75) is 6.18 Å². The molecule has 1 aliphatic heterocycles. The van der Waals surface area contributed by atoms with Crippen LogP contribution in [-0.2, 0) is 0 Å². The number of nitrogen functional groups attached to an aromatic ring is 1. The fourth-order valence-electron chi connectivity index (χ4n) is 2.33. The molecule has 2 rings (SSSR count). The number of nitriles is 1. The third-order valence-electron chi connectivity index (χ3n) is 3.32. The van der Waals surface area contributed by atoms with Gasteiger partial charge in [-0.25, -0.2) is 0 Å². The van der Waals surface area contributed by atoms with E-state index in [1.807, 2.05) is 11.0 Å². The number of rotatable bonds is 2. The minimum atomic E-state index is -4.16. The van der Waals surface area contributed by atoms with Gasteiger partial charge in [0.05, 0.1) is 23.5 Å². The van der Waals surface area contributed by atoms with Crippen LogP contribution >= 0.6 is 0 Å². The van der Waals surface area contributed by atoms with Crippen molar-refractivity contribution in [3.05, 3.63) is 23.8 Å². The lowest BCUT2D eigenvalue weighted by molar-refractivity contribution is -0.146. The Hall–Kier alpha value is -1.94. The summed E-state index contributed by atoms with van der Waals surface area (Å²) in [6.07, 6.45) is -4.16. The number of benzene rings is 1. The number of anilines is 2. The van der Waals surface area contributed by atoms with Gasteiger partial charge in [0.15, 0.2) is 0 Å². The molecular formula is C13H15F3N4. The first-order valence-electron chi connectivity index (χ1n) is 6.23. The van der Waals surface area contributed by atoms with Gasteiger partial charge in [0, 0.05) is 26.2 Å². The molecule has 0 aromatic heterocycles. The zero-order valence-corrected chi connectivity index (χ0v) is 10.8. The quantitative estimate of drug-likeness (QED) is 0.842. The fourth-order valence-corrected chi connectivity index (χ4v) is 2.33. The van der Waals surface area contributed by atoms with Gasteiger partial charge in [0.2, 0.25) is 0 Å². The van der Waals surface area contributed by atoms with Gasteiger partial charge in [-0.2, -0.15) is 18.4 Å². The van der Waals surface area contributed by atoms with Crippen molar-refractivity contribution in [2.24, 2.45) is 0 Å². The molecule has 108 valence electrons. The van der Waals surface area contributed by atoms with E-state index in [2.05, 4.69) is 0 Å². The smallest absolute Gasteiger partial charge is 0.396 e. The summed E-state index contributed by atoms with van der Waals surface area (Å²) in [5.74, 6) is 0. The maximum atomic E-state index is 12.3. The molecule has 7 heteroatoms. The number of nitrogens with two attached hydrogens (primary N) is 1. The van der Waals surface area contributed by atoms with Crippen molar-refractivity contribution < 1.29 is 13.2 Å². The first-order chi connectivity index (χ1) is 9.40.